The number of nitrogens with zero attached hydrogens (tertiary/aromatic N) is 2. The van der Waals surface area contributed by atoms with E-state index in [4.69, 9.17) is 23.7 Å². The molecule has 0 fully saturated rings. The van der Waals surface area contributed by atoms with Gasteiger partial charge >= 0.3 is 0 Å². The molecule has 0 saturated carbocycles. The molecule has 4 aliphatic heterocycles. The second-order valence-electron chi connectivity index (χ2n) is 14.7. The molecule has 278 valence electrons. The van der Waals surface area contributed by atoms with E-state index in [0.29, 0.717) is 83.5 Å². The van der Waals surface area contributed by atoms with Gasteiger partial charge in [-0.2, -0.15) is 0 Å². The first-order valence-corrected chi connectivity index (χ1v) is 18.4. The molecule has 4 atom stereocenters. The molecule has 8 rings (SSSR count). The number of hydrogen-bond donors (Lipinski definition) is 0. The van der Waals surface area contributed by atoms with Crippen molar-refractivity contribution in [3.8, 4) is 40.2 Å². The van der Waals surface area contributed by atoms with Crippen LogP contribution in [0.3, 0.4) is 0 Å². The Balaban J connectivity index is 1.50. The first-order chi connectivity index (χ1) is 25.3. The van der Waals surface area contributed by atoms with Crippen LogP contribution in [-0.4, -0.2) is 82.5 Å². The van der Waals surface area contributed by atoms with Crippen molar-refractivity contribution in [2.45, 2.75) is 37.8 Å². The maximum absolute atomic E-state index is 12.4. The first-order valence-electron chi connectivity index (χ1n) is 17.6. The Hall–Kier alpha value is -4.78. The molecule has 0 spiro atoms. The van der Waals surface area contributed by atoms with Crippen LogP contribution >= 0.6 is 15.9 Å². The van der Waals surface area contributed by atoms with Crippen LogP contribution < -0.4 is 33.9 Å². The number of benzene rings is 4. The number of halogens is 1. The summed E-state index contributed by atoms with van der Waals surface area (Å²) in [6.45, 7) is 0.769. The lowest BCUT2D eigenvalue weighted by Crippen LogP contribution is -2.57. The SMILES string of the molecule is COc1ccc2cc1Oc1ccc(cc1)CC1c3cc(c(OC)cc3CC[N+]1(C)CC(=O)[O-])Oc1c(Br)c(OC)cc3c1C(C2)[N+](C)(CC(=O)[O-])CC3. The summed E-state index contributed by atoms with van der Waals surface area (Å²) in [6.07, 6.45) is 2.19. The van der Waals surface area contributed by atoms with Crippen LogP contribution in [0.5, 0.6) is 40.2 Å². The lowest BCUT2D eigenvalue weighted by Gasteiger charge is -2.47. The van der Waals surface area contributed by atoms with Crippen molar-refractivity contribution in [1.82, 2.24) is 0 Å². The average molecular weight is 788 g/mol. The number of likely N-dealkylation sites (N-methyl/N-ethyl adjacent to an activating group) is 2. The van der Waals surface area contributed by atoms with Gasteiger partial charge in [-0.1, -0.05) is 18.2 Å². The van der Waals surface area contributed by atoms with Crippen molar-refractivity contribution < 1.29 is 52.5 Å². The minimum atomic E-state index is -1.15. The van der Waals surface area contributed by atoms with Gasteiger partial charge in [0, 0.05) is 31.2 Å². The third-order valence-electron chi connectivity index (χ3n) is 11.4. The summed E-state index contributed by atoms with van der Waals surface area (Å²) in [4.78, 5) is 24.6. The number of hydrogen-bond acceptors (Lipinski definition) is 9. The summed E-state index contributed by atoms with van der Waals surface area (Å²) in [5.41, 5.74) is 5.75. The van der Waals surface area contributed by atoms with E-state index in [2.05, 4.69) is 15.9 Å². The topological polar surface area (TPSA) is 126 Å². The molecule has 0 saturated heterocycles. The molecule has 0 aliphatic carbocycles. The van der Waals surface area contributed by atoms with Gasteiger partial charge in [-0.3, -0.25) is 0 Å². The summed E-state index contributed by atoms with van der Waals surface area (Å²) in [6, 6.07) is 18.9. The number of carboxylic acid groups (broad SMARTS) is 2. The highest BCUT2D eigenvalue weighted by molar-refractivity contribution is 9.10. The van der Waals surface area contributed by atoms with Crippen LogP contribution in [0.15, 0.2) is 65.1 Å². The second kappa shape index (κ2) is 14.2. The molecule has 6 bridgehead atoms. The first kappa shape index (κ1) is 36.6. The third-order valence-corrected chi connectivity index (χ3v) is 12.1. The number of ether oxygens (including phenoxy) is 5. The van der Waals surface area contributed by atoms with Crippen molar-refractivity contribution in [3.63, 3.8) is 0 Å². The summed E-state index contributed by atoms with van der Waals surface area (Å²) in [7, 11) is 8.70. The minimum absolute atomic E-state index is 0.158. The molecule has 4 unspecified atom stereocenters. The Labute approximate surface area is 317 Å². The van der Waals surface area contributed by atoms with Crippen LogP contribution in [0.2, 0.25) is 0 Å². The lowest BCUT2D eigenvalue weighted by molar-refractivity contribution is -0.936. The molecule has 11 nitrogen and oxygen atoms in total. The molecule has 4 aromatic rings. The quantitative estimate of drug-likeness (QED) is 0.250. The molecular weight excluding hydrogens is 744 g/mol. The van der Waals surface area contributed by atoms with Crippen LogP contribution in [0, 0.1) is 0 Å². The molecule has 4 aliphatic rings. The largest absolute Gasteiger partial charge is 0.544 e. The molecule has 12 heteroatoms. The van der Waals surface area contributed by atoms with E-state index in [1.165, 1.54) is 0 Å². The molecule has 0 N–H and O–H groups in total. The fourth-order valence-electron chi connectivity index (χ4n) is 8.52. The predicted molar refractivity (Wildman–Crippen MR) is 195 cm³/mol. The summed E-state index contributed by atoms with van der Waals surface area (Å²) in [5.74, 6) is 1.46. The molecular formula is C41H43BrN2O9. The average Bonchev–Trinajstić information content (AvgIpc) is 3.11. The molecule has 0 aromatic heterocycles. The van der Waals surface area contributed by atoms with Crippen LogP contribution in [0.1, 0.15) is 45.5 Å². The maximum Gasteiger partial charge on any atom is 0.169 e. The maximum atomic E-state index is 12.4. The number of carboxylic acids is 2. The highest BCUT2D eigenvalue weighted by atomic mass is 79.9. The fourth-order valence-corrected chi connectivity index (χ4v) is 9.09. The van der Waals surface area contributed by atoms with E-state index in [9.17, 15) is 19.8 Å². The number of rotatable bonds is 7. The molecule has 4 aromatic carbocycles. The number of aliphatic carboxylic acids is 2. The Morgan fingerprint density at radius 1 is 0.717 bits per heavy atom. The number of carbonyl (C=O) groups excluding carboxylic acids is 2. The molecule has 4 heterocycles. The summed E-state index contributed by atoms with van der Waals surface area (Å²) >= 11 is 3.80. The van der Waals surface area contributed by atoms with Crippen molar-refractivity contribution >= 4 is 27.9 Å². The van der Waals surface area contributed by atoms with E-state index in [-0.39, 0.29) is 28.1 Å². The van der Waals surface area contributed by atoms with E-state index < -0.39 is 18.0 Å². The zero-order valence-electron chi connectivity index (χ0n) is 30.5. The highest BCUT2D eigenvalue weighted by Crippen LogP contribution is 2.52. The zero-order chi connectivity index (χ0) is 37.7. The number of quaternary nitrogens is 2. The Morgan fingerprint density at radius 2 is 1.28 bits per heavy atom. The third kappa shape index (κ3) is 6.91. The monoisotopic (exact) mass is 786 g/mol. The van der Waals surface area contributed by atoms with Crippen molar-refractivity contribution in [2.24, 2.45) is 0 Å². The van der Waals surface area contributed by atoms with Gasteiger partial charge in [0.05, 0.1) is 66.0 Å². The predicted octanol–water partition coefficient (Wildman–Crippen LogP) is 4.45. The Kier molecular flexibility index (Phi) is 9.81. The summed E-state index contributed by atoms with van der Waals surface area (Å²) < 4.78 is 31.9. The van der Waals surface area contributed by atoms with E-state index >= 15 is 0 Å². The van der Waals surface area contributed by atoms with Gasteiger partial charge in [0.1, 0.15) is 41.1 Å². The smallest absolute Gasteiger partial charge is 0.169 e. The molecule has 0 radical (unpaired) electrons. The number of fused-ring (bicyclic) bond motifs is 2. The van der Waals surface area contributed by atoms with Gasteiger partial charge in [-0.05, 0) is 80.6 Å². The van der Waals surface area contributed by atoms with Crippen LogP contribution in [0.4, 0.5) is 0 Å². The Bertz CT molecular complexity index is 2090. The Morgan fingerprint density at radius 3 is 1.92 bits per heavy atom. The van der Waals surface area contributed by atoms with Gasteiger partial charge in [0.2, 0.25) is 0 Å². The van der Waals surface area contributed by atoms with Gasteiger partial charge in [0.25, 0.3) is 0 Å². The second-order valence-corrected chi connectivity index (χ2v) is 15.5. The number of carbonyl (C=O) groups is 2. The normalized spacial score (nSPS) is 23.0. The van der Waals surface area contributed by atoms with Gasteiger partial charge in [-0.15, -0.1) is 0 Å². The van der Waals surface area contributed by atoms with E-state index in [0.717, 1.165) is 33.4 Å². The lowest BCUT2D eigenvalue weighted by atomic mass is 9.85. The highest BCUT2D eigenvalue weighted by Gasteiger charge is 2.44. The van der Waals surface area contributed by atoms with Crippen molar-refractivity contribution in [1.29, 1.82) is 0 Å². The van der Waals surface area contributed by atoms with Crippen molar-refractivity contribution in [2.75, 3.05) is 61.6 Å². The number of methoxy groups -OCH3 is 3. The summed E-state index contributed by atoms with van der Waals surface area (Å²) in [5, 5.41) is 24.6. The van der Waals surface area contributed by atoms with Gasteiger partial charge in [0.15, 0.2) is 28.7 Å². The van der Waals surface area contributed by atoms with E-state index in [1.807, 2.05) is 74.8 Å². The molecule has 53 heavy (non-hydrogen) atoms. The van der Waals surface area contributed by atoms with Crippen molar-refractivity contribution in [3.05, 3.63) is 98.5 Å². The van der Waals surface area contributed by atoms with E-state index in [1.54, 1.807) is 21.3 Å². The fraction of sp³-hybridized carbons (Fsp3) is 0.366. The van der Waals surface area contributed by atoms with Gasteiger partial charge < -0.3 is 52.5 Å². The standard InChI is InChI=1S/C41H43BrN2O9/c1-43(22-37(45)46)14-12-26-19-33(50-4)35-21-29(26)30(43)16-24-6-9-28(10-7-24)52-34-18-25(8-11-32(34)49-3)17-31-39-27(13-15-44(31,2)23-38(47)48)20-36(51-5)40(42)41(39)53-35/h6-11,18-21,30-31H,12-17,22-23H2,1-5H3. The van der Waals surface area contributed by atoms with Gasteiger partial charge in [-0.25, -0.2) is 0 Å². The minimum Gasteiger partial charge on any atom is -0.544 e. The molecule has 0 amide bonds. The zero-order valence-corrected chi connectivity index (χ0v) is 32.1. The van der Waals surface area contributed by atoms with Crippen LogP contribution in [0.25, 0.3) is 0 Å². The van der Waals surface area contributed by atoms with Crippen LogP contribution in [-0.2, 0) is 35.3 Å².